The minimum atomic E-state index is -0.682. The molecule has 3 nitrogen and oxygen atoms in total. The molecule has 1 aliphatic rings. The van der Waals surface area contributed by atoms with Gasteiger partial charge in [-0.3, -0.25) is 4.79 Å². The van der Waals surface area contributed by atoms with Gasteiger partial charge in [0, 0.05) is 6.04 Å². The van der Waals surface area contributed by atoms with Gasteiger partial charge in [0.25, 0.3) is 0 Å². The fraction of sp³-hybridized carbons (Fsp3) is 0.933. The van der Waals surface area contributed by atoms with E-state index in [4.69, 9.17) is 5.11 Å². The summed E-state index contributed by atoms with van der Waals surface area (Å²) in [6.45, 7) is 9.86. The molecule has 1 saturated carbocycles. The van der Waals surface area contributed by atoms with Crippen LogP contribution in [0.3, 0.4) is 0 Å². The van der Waals surface area contributed by atoms with E-state index in [0.717, 1.165) is 12.5 Å². The molecule has 0 heterocycles. The molecule has 0 amide bonds. The van der Waals surface area contributed by atoms with Crippen molar-refractivity contribution in [2.24, 2.45) is 17.3 Å². The number of carbonyl (C=O) groups is 1. The lowest BCUT2D eigenvalue weighted by molar-refractivity contribution is -0.138. The highest BCUT2D eigenvalue weighted by Gasteiger charge is 2.33. The zero-order valence-electron chi connectivity index (χ0n) is 12.3. The molecule has 1 fully saturated rings. The van der Waals surface area contributed by atoms with Gasteiger partial charge < -0.3 is 10.4 Å². The van der Waals surface area contributed by atoms with Crippen LogP contribution < -0.4 is 5.32 Å². The molecule has 0 aromatic carbocycles. The highest BCUT2D eigenvalue weighted by atomic mass is 16.4. The van der Waals surface area contributed by atoms with Gasteiger partial charge in [0.15, 0.2) is 0 Å². The van der Waals surface area contributed by atoms with Crippen molar-refractivity contribution < 1.29 is 9.90 Å². The third-order valence-electron chi connectivity index (χ3n) is 4.43. The average Bonchev–Trinajstić information content (AvgIpc) is 2.27. The first kappa shape index (κ1) is 15.5. The number of nitrogens with one attached hydrogen (secondary N) is 1. The summed E-state index contributed by atoms with van der Waals surface area (Å²) in [5.74, 6) is 0.652. The van der Waals surface area contributed by atoms with Crippen LogP contribution in [-0.2, 0) is 4.79 Å². The molecule has 0 bridgehead atoms. The van der Waals surface area contributed by atoms with Crippen molar-refractivity contribution in [1.29, 1.82) is 0 Å². The fourth-order valence-corrected chi connectivity index (χ4v) is 3.24. The minimum Gasteiger partial charge on any atom is -0.481 e. The molecule has 1 aliphatic carbocycles. The summed E-state index contributed by atoms with van der Waals surface area (Å²) < 4.78 is 0. The average molecular weight is 255 g/mol. The summed E-state index contributed by atoms with van der Waals surface area (Å²) in [4.78, 5) is 10.9. The van der Waals surface area contributed by atoms with Gasteiger partial charge in [-0.1, -0.05) is 27.7 Å². The van der Waals surface area contributed by atoms with Crippen LogP contribution in [0.25, 0.3) is 0 Å². The Morgan fingerprint density at radius 3 is 2.22 bits per heavy atom. The molecular weight excluding hydrogens is 226 g/mol. The molecule has 1 unspecified atom stereocenters. The standard InChI is InChI=1S/C15H29NO2/c1-5-16-13(10-14(17)18)11-6-8-12(9-7-11)15(2,3)4/h11-13,16H,5-10H2,1-4H3,(H,17,18). The van der Waals surface area contributed by atoms with Gasteiger partial charge in [-0.25, -0.2) is 0 Å². The second-order valence-electron chi connectivity index (χ2n) is 6.74. The van der Waals surface area contributed by atoms with Gasteiger partial charge >= 0.3 is 5.97 Å². The Morgan fingerprint density at radius 2 is 1.83 bits per heavy atom. The summed E-state index contributed by atoms with van der Waals surface area (Å²) in [5.41, 5.74) is 0.394. The van der Waals surface area contributed by atoms with Crippen LogP contribution in [0, 0.1) is 17.3 Å². The van der Waals surface area contributed by atoms with E-state index in [1.807, 2.05) is 0 Å². The second-order valence-corrected chi connectivity index (χ2v) is 6.74. The number of aliphatic carboxylic acids is 1. The maximum atomic E-state index is 10.9. The molecule has 0 radical (unpaired) electrons. The lowest BCUT2D eigenvalue weighted by atomic mass is 9.68. The summed E-state index contributed by atoms with van der Waals surface area (Å²) in [5, 5.41) is 12.3. The van der Waals surface area contributed by atoms with Gasteiger partial charge in [0.1, 0.15) is 0 Å². The number of hydrogen-bond donors (Lipinski definition) is 2. The van der Waals surface area contributed by atoms with Crippen molar-refractivity contribution in [3.05, 3.63) is 0 Å². The Hall–Kier alpha value is -0.570. The normalized spacial score (nSPS) is 26.9. The van der Waals surface area contributed by atoms with Crippen LogP contribution in [0.4, 0.5) is 0 Å². The molecule has 0 aliphatic heterocycles. The number of rotatable bonds is 5. The molecule has 2 N–H and O–H groups in total. The predicted octanol–water partition coefficient (Wildman–Crippen LogP) is 3.29. The third-order valence-corrected chi connectivity index (χ3v) is 4.43. The summed E-state index contributed by atoms with van der Waals surface area (Å²) >= 11 is 0. The molecular formula is C15H29NO2. The van der Waals surface area contributed by atoms with Crippen molar-refractivity contribution in [1.82, 2.24) is 5.32 Å². The molecule has 1 rings (SSSR count). The Balaban J connectivity index is 2.50. The van der Waals surface area contributed by atoms with Crippen molar-refractivity contribution in [3.8, 4) is 0 Å². The van der Waals surface area contributed by atoms with Crippen molar-refractivity contribution in [2.45, 2.75) is 65.8 Å². The third kappa shape index (κ3) is 4.60. The largest absolute Gasteiger partial charge is 0.481 e. The lowest BCUT2D eigenvalue weighted by Gasteiger charge is -2.39. The Kier molecular flexibility index (Phi) is 5.64. The predicted molar refractivity (Wildman–Crippen MR) is 74.6 cm³/mol. The van der Waals surface area contributed by atoms with E-state index in [1.54, 1.807) is 0 Å². The van der Waals surface area contributed by atoms with Gasteiger partial charge in [-0.2, -0.15) is 0 Å². The highest BCUT2D eigenvalue weighted by molar-refractivity contribution is 5.67. The Morgan fingerprint density at radius 1 is 1.28 bits per heavy atom. The lowest BCUT2D eigenvalue weighted by Crippen LogP contribution is -2.40. The van der Waals surface area contributed by atoms with Crippen LogP contribution >= 0.6 is 0 Å². The molecule has 106 valence electrons. The second kappa shape index (κ2) is 6.55. The summed E-state index contributed by atoms with van der Waals surface area (Å²) in [7, 11) is 0. The topological polar surface area (TPSA) is 49.3 Å². The van der Waals surface area contributed by atoms with E-state index in [2.05, 4.69) is 33.0 Å². The van der Waals surface area contributed by atoms with Crippen molar-refractivity contribution in [3.63, 3.8) is 0 Å². The maximum Gasteiger partial charge on any atom is 0.304 e. The van der Waals surface area contributed by atoms with Crippen molar-refractivity contribution >= 4 is 5.97 Å². The molecule has 0 aromatic heterocycles. The van der Waals surface area contributed by atoms with Crippen LogP contribution in [0.2, 0.25) is 0 Å². The molecule has 3 heteroatoms. The Labute approximate surface area is 111 Å². The first-order valence-electron chi connectivity index (χ1n) is 7.29. The number of carboxylic acids is 1. The zero-order chi connectivity index (χ0) is 13.8. The first-order valence-corrected chi connectivity index (χ1v) is 7.29. The first-order chi connectivity index (χ1) is 8.34. The summed E-state index contributed by atoms with van der Waals surface area (Å²) in [6, 6.07) is 0.161. The minimum absolute atomic E-state index is 0.161. The van der Waals surface area contributed by atoms with E-state index in [0.29, 0.717) is 11.3 Å². The van der Waals surface area contributed by atoms with Gasteiger partial charge in [-0.15, -0.1) is 0 Å². The van der Waals surface area contributed by atoms with Crippen molar-refractivity contribution in [2.75, 3.05) is 6.54 Å². The SMILES string of the molecule is CCNC(CC(=O)O)C1CCC(C(C)(C)C)CC1. The number of carboxylic acid groups (broad SMARTS) is 1. The molecule has 1 atom stereocenters. The van der Waals surface area contributed by atoms with E-state index >= 15 is 0 Å². The number of hydrogen-bond acceptors (Lipinski definition) is 2. The van der Waals surface area contributed by atoms with Gasteiger partial charge in [0.2, 0.25) is 0 Å². The van der Waals surface area contributed by atoms with Crippen LogP contribution in [-0.4, -0.2) is 23.7 Å². The van der Waals surface area contributed by atoms with E-state index in [-0.39, 0.29) is 12.5 Å². The van der Waals surface area contributed by atoms with Crippen LogP contribution in [0.1, 0.15) is 59.8 Å². The smallest absolute Gasteiger partial charge is 0.304 e. The molecule has 0 spiro atoms. The highest BCUT2D eigenvalue weighted by Crippen LogP contribution is 2.40. The Bertz CT molecular complexity index is 262. The molecule has 0 aromatic rings. The summed E-state index contributed by atoms with van der Waals surface area (Å²) in [6.07, 6.45) is 5.10. The van der Waals surface area contributed by atoms with E-state index < -0.39 is 5.97 Å². The molecule has 0 saturated heterocycles. The van der Waals surface area contributed by atoms with Crippen LogP contribution in [0.15, 0.2) is 0 Å². The van der Waals surface area contributed by atoms with Gasteiger partial charge in [-0.05, 0) is 49.5 Å². The van der Waals surface area contributed by atoms with Gasteiger partial charge in [0.05, 0.1) is 6.42 Å². The fourth-order valence-electron chi connectivity index (χ4n) is 3.24. The van der Waals surface area contributed by atoms with E-state index in [9.17, 15) is 4.79 Å². The molecule has 18 heavy (non-hydrogen) atoms. The quantitative estimate of drug-likeness (QED) is 0.792. The van der Waals surface area contributed by atoms with E-state index in [1.165, 1.54) is 25.7 Å². The monoisotopic (exact) mass is 255 g/mol. The van der Waals surface area contributed by atoms with Crippen LogP contribution in [0.5, 0.6) is 0 Å². The zero-order valence-corrected chi connectivity index (χ0v) is 12.3. The maximum absolute atomic E-state index is 10.9.